The molecule has 0 fully saturated rings. The molecule has 0 bridgehead atoms. The first-order chi connectivity index (χ1) is 9.42. The van der Waals surface area contributed by atoms with Crippen LogP contribution in [-0.2, 0) is 6.54 Å². The van der Waals surface area contributed by atoms with Crippen molar-refractivity contribution in [3.05, 3.63) is 50.1 Å². The highest BCUT2D eigenvalue weighted by Crippen LogP contribution is 2.21. The van der Waals surface area contributed by atoms with Gasteiger partial charge >= 0.3 is 5.69 Å². The molecular formula is C14H16BrN3O2. The van der Waals surface area contributed by atoms with E-state index in [4.69, 9.17) is 10.5 Å². The van der Waals surface area contributed by atoms with Gasteiger partial charge in [-0.15, -0.1) is 0 Å². The maximum atomic E-state index is 12.0. The lowest BCUT2D eigenvalue weighted by Crippen LogP contribution is -2.27. The fourth-order valence-corrected chi connectivity index (χ4v) is 2.34. The van der Waals surface area contributed by atoms with Crippen LogP contribution in [0.4, 0.5) is 5.69 Å². The maximum Gasteiger partial charge on any atom is 0.348 e. The lowest BCUT2D eigenvalue weighted by Gasteiger charge is -2.13. The summed E-state index contributed by atoms with van der Waals surface area (Å²) in [5.41, 5.74) is 8.57. The summed E-state index contributed by atoms with van der Waals surface area (Å²) in [5.74, 6) is 0.671. The number of methoxy groups -OCH3 is 1. The normalized spacial score (nSPS) is 10.6. The number of anilines is 1. The van der Waals surface area contributed by atoms with E-state index in [2.05, 4.69) is 20.9 Å². The average Bonchev–Trinajstić information content (AvgIpc) is 2.40. The molecule has 0 saturated carbocycles. The Labute approximate surface area is 125 Å². The molecule has 2 N–H and O–H groups in total. The highest BCUT2D eigenvalue weighted by atomic mass is 79.9. The van der Waals surface area contributed by atoms with Gasteiger partial charge in [-0.2, -0.15) is 4.98 Å². The minimum atomic E-state index is -0.274. The summed E-state index contributed by atoms with van der Waals surface area (Å²) < 4.78 is 7.63. The number of hydrogen-bond acceptors (Lipinski definition) is 4. The van der Waals surface area contributed by atoms with E-state index in [1.807, 2.05) is 19.1 Å². The Kier molecular flexibility index (Phi) is 4.13. The van der Waals surface area contributed by atoms with Crippen LogP contribution in [0, 0.1) is 13.8 Å². The topological polar surface area (TPSA) is 70.1 Å². The highest BCUT2D eigenvalue weighted by molar-refractivity contribution is 9.10. The van der Waals surface area contributed by atoms with Crippen LogP contribution in [0.3, 0.4) is 0 Å². The second-order valence-electron chi connectivity index (χ2n) is 4.58. The van der Waals surface area contributed by atoms with E-state index < -0.39 is 0 Å². The predicted octanol–water partition coefficient (Wildman–Crippen LogP) is 2.26. The third-order valence-electron chi connectivity index (χ3n) is 3.10. The number of hydrogen-bond donors (Lipinski definition) is 1. The first-order valence-electron chi connectivity index (χ1n) is 6.09. The van der Waals surface area contributed by atoms with Crippen LogP contribution in [0.15, 0.2) is 27.5 Å². The summed E-state index contributed by atoms with van der Waals surface area (Å²) in [7, 11) is 1.58. The molecule has 0 aliphatic carbocycles. The molecule has 0 aliphatic heterocycles. The summed E-state index contributed by atoms with van der Waals surface area (Å²) >= 11 is 3.45. The third kappa shape index (κ3) is 2.85. The zero-order chi connectivity index (χ0) is 14.9. The maximum absolute atomic E-state index is 12.0. The molecule has 106 valence electrons. The second kappa shape index (κ2) is 5.66. The summed E-state index contributed by atoms with van der Waals surface area (Å²) in [6, 6.07) is 5.42. The van der Waals surface area contributed by atoms with Crippen molar-refractivity contribution < 1.29 is 4.74 Å². The summed E-state index contributed by atoms with van der Waals surface area (Å²) in [6.07, 6.45) is 0. The number of aryl methyl sites for hydroxylation is 1. The van der Waals surface area contributed by atoms with Crippen molar-refractivity contribution in [2.45, 2.75) is 20.4 Å². The molecule has 20 heavy (non-hydrogen) atoms. The van der Waals surface area contributed by atoms with Crippen LogP contribution < -0.4 is 16.2 Å². The van der Waals surface area contributed by atoms with E-state index in [0.29, 0.717) is 23.7 Å². The molecule has 1 aromatic heterocycles. The van der Waals surface area contributed by atoms with E-state index in [9.17, 15) is 4.79 Å². The Morgan fingerprint density at radius 1 is 1.35 bits per heavy atom. The number of nitrogen functional groups attached to an aromatic ring is 1. The first kappa shape index (κ1) is 14.6. The van der Waals surface area contributed by atoms with Gasteiger partial charge in [-0.3, -0.25) is 4.57 Å². The molecule has 0 saturated heterocycles. The fourth-order valence-electron chi connectivity index (χ4n) is 2.04. The van der Waals surface area contributed by atoms with Gasteiger partial charge in [-0.1, -0.05) is 0 Å². The molecular weight excluding hydrogens is 322 g/mol. The van der Waals surface area contributed by atoms with Crippen molar-refractivity contribution in [2.24, 2.45) is 0 Å². The molecule has 0 radical (unpaired) electrons. The molecule has 2 rings (SSSR count). The lowest BCUT2D eigenvalue weighted by atomic mass is 10.2. The summed E-state index contributed by atoms with van der Waals surface area (Å²) in [6.45, 7) is 4.08. The molecule has 1 heterocycles. The van der Waals surface area contributed by atoms with E-state index in [0.717, 1.165) is 15.7 Å². The van der Waals surface area contributed by atoms with Crippen LogP contribution in [0.25, 0.3) is 0 Å². The van der Waals surface area contributed by atoms with E-state index in [-0.39, 0.29) is 5.69 Å². The highest BCUT2D eigenvalue weighted by Gasteiger charge is 2.10. The molecule has 2 aromatic rings. The quantitative estimate of drug-likeness (QED) is 0.872. The molecule has 0 atom stereocenters. The Balaban J connectivity index is 2.48. The van der Waals surface area contributed by atoms with Gasteiger partial charge in [0.05, 0.1) is 23.8 Å². The molecule has 0 amide bonds. The molecule has 5 nitrogen and oxygen atoms in total. The number of halogens is 1. The summed E-state index contributed by atoms with van der Waals surface area (Å²) in [5, 5.41) is 0. The summed E-state index contributed by atoms with van der Waals surface area (Å²) in [4.78, 5) is 16.0. The van der Waals surface area contributed by atoms with Crippen LogP contribution in [0.1, 0.15) is 17.0 Å². The Bertz CT molecular complexity index is 710. The Hall–Kier alpha value is -1.82. The predicted molar refractivity (Wildman–Crippen MR) is 82.2 cm³/mol. The van der Waals surface area contributed by atoms with Crippen LogP contribution in [0.2, 0.25) is 0 Å². The standard InChI is InChI=1S/C14H16BrN3O2/c1-8-13(15)9(2)18(14(19)17-8)7-10-4-11(16)6-12(5-10)20-3/h4-6H,7,16H2,1-3H3. The van der Waals surface area contributed by atoms with Crippen molar-refractivity contribution in [3.8, 4) is 5.75 Å². The zero-order valence-corrected chi connectivity index (χ0v) is 13.2. The largest absolute Gasteiger partial charge is 0.497 e. The number of aromatic nitrogens is 2. The van der Waals surface area contributed by atoms with Crippen LogP contribution in [0.5, 0.6) is 5.75 Å². The number of rotatable bonds is 3. The molecule has 1 aromatic carbocycles. The third-order valence-corrected chi connectivity index (χ3v) is 4.25. The van der Waals surface area contributed by atoms with Gasteiger partial charge in [0.25, 0.3) is 0 Å². The van der Waals surface area contributed by atoms with Gasteiger partial charge in [0, 0.05) is 17.4 Å². The number of nitrogens with zero attached hydrogens (tertiary/aromatic N) is 2. The lowest BCUT2D eigenvalue weighted by molar-refractivity contribution is 0.414. The van der Waals surface area contributed by atoms with Crippen molar-refractivity contribution >= 4 is 21.6 Å². The van der Waals surface area contributed by atoms with Crippen LogP contribution >= 0.6 is 15.9 Å². The van der Waals surface area contributed by atoms with Crippen molar-refractivity contribution in [2.75, 3.05) is 12.8 Å². The first-order valence-corrected chi connectivity index (χ1v) is 6.88. The van der Waals surface area contributed by atoms with E-state index in [1.165, 1.54) is 0 Å². The monoisotopic (exact) mass is 337 g/mol. The van der Waals surface area contributed by atoms with Crippen molar-refractivity contribution in [3.63, 3.8) is 0 Å². The van der Waals surface area contributed by atoms with Gasteiger partial charge in [-0.05, 0) is 47.5 Å². The van der Waals surface area contributed by atoms with Crippen LogP contribution in [-0.4, -0.2) is 16.7 Å². The second-order valence-corrected chi connectivity index (χ2v) is 5.37. The SMILES string of the molecule is COc1cc(N)cc(Cn2c(C)c(Br)c(C)nc2=O)c1. The van der Waals surface area contributed by atoms with Gasteiger partial charge < -0.3 is 10.5 Å². The Morgan fingerprint density at radius 3 is 2.70 bits per heavy atom. The number of nitrogens with two attached hydrogens (primary N) is 1. The van der Waals surface area contributed by atoms with Gasteiger partial charge in [0.15, 0.2) is 0 Å². The number of benzene rings is 1. The van der Waals surface area contributed by atoms with Gasteiger partial charge in [0.1, 0.15) is 5.75 Å². The zero-order valence-electron chi connectivity index (χ0n) is 11.6. The smallest absolute Gasteiger partial charge is 0.348 e. The van der Waals surface area contributed by atoms with Crippen molar-refractivity contribution in [1.29, 1.82) is 0 Å². The molecule has 6 heteroatoms. The van der Waals surface area contributed by atoms with Gasteiger partial charge in [-0.25, -0.2) is 4.79 Å². The Morgan fingerprint density at radius 2 is 2.05 bits per heavy atom. The van der Waals surface area contributed by atoms with Gasteiger partial charge in [0.2, 0.25) is 0 Å². The molecule has 0 spiro atoms. The minimum absolute atomic E-state index is 0.274. The van der Waals surface area contributed by atoms with E-state index in [1.54, 1.807) is 24.7 Å². The minimum Gasteiger partial charge on any atom is -0.497 e. The molecule has 0 aliphatic rings. The van der Waals surface area contributed by atoms with Crippen molar-refractivity contribution in [1.82, 2.24) is 9.55 Å². The number of ether oxygens (including phenoxy) is 1. The average molecular weight is 338 g/mol. The molecule has 0 unspecified atom stereocenters. The van der Waals surface area contributed by atoms with E-state index >= 15 is 0 Å². The fraction of sp³-hybridized carbons (Fsp3) is 0.286.